The molecule has 110 valence electrons. The summed E-state index contributed by atoms with van der Waals surface area (Å²) in [6, 6.07) is 4.86. The Morgan fingerprint density at radius 1 is 1.48 bits per heavy atom. The molecule has 0 fully saturated rings. The predicted molar refractivity (Wildman–Crippen MR) is 88.4 cm³/mol. The summed E-state index contributed by atoms with van der Waals surface area (Å²) in [5.41, 5.74) is 0.903. The van der Waals surface area contributed by atoms with E-state index < -0.39 is 5.97 Å². The van der Waals surface area contributed by atoms with Crippen molar-refractivity contribution < 1.29 is 14.6 Å². The Kier molecular flexibility index (Phi) is 6.64. The van der Waals surface area contributed by atoms with Crippen LogP contribution in [0.2, 0.25) is 0 Å². The van der Waals surface area contributed by atoms with Crippen LogP contribution in [0.1, 0.15) is 36.2 Å². The van der Waals surface area contributed by atoms with E-state index in [1.54, 1.807) is 12.1 Å². The third kappa shape index (κ3) is 5.41. The molecular formula is C17H18O3S. The lowest BCUT2D eigenvalue weighted by Crippen LogP contribution is -2.01. The molecule has 0 aliphatic heterocycles. The van der Waals surface area contributed by atoms with Crippen LogP contribution in [-0.4, -0.2) is 17.7 Å². The van der Waals surface area contributed by atoms with Crippen molar-refractivity contribution in [2.75, 3.05) is 6.61 Å². The fourth-order valence-corrected chi connectivity index (χ4v) is 2.25. The summed E-state index contributed by atoms with van der Waals surface area (Å²) in [6.45, 7) is 8.26. The molecule has 0 radical (unpaired) electrons. The minimum absolute atomic E-state index is 0.170. The molecule has 1 aromatic rings. The number of benzene rings is 1. The van der Waals surface area contributed by atoms with Gasteiger partial charge in [-0.3, -0.25) is 0 Å². The van der Waals surface area contributed by atoms with Crippen molar-refractivity contribution in [3.63, 3.8) is 0 Å². The lowest BCUT2D eigenvalue weighted by atomic mass is 10.1. The van der Waals surface area contributed by atoms with Crippen molar-refractivity contribution in [2.24, 2.45) is 0 Å². The lowest BCUT2D eigenvalue weighted by molar-refractivity contribution is 0.0696. The number of aromatic carboxylic acids is 1. The largest absolute Gasteiger partial charge is 0.493 e. The zero-order valence-corrected chi connectivity index (χ0v) is 13.0. The molecule has 1 N–H and O–H groups in total. The molecule has 0 aliphatic rings. The van der Waals surface area contributed by atoms with Gasteiger partial charge in [-0.1, -0.05) is 24.4 Å². The number of carbonyl (C=O) groups is 1. The minimum atomic E-state index is -1.00. The van der Waals surface area contributed by atoms with Gasteiger partial charge in [-0.2, -0.15) is 0 Å². The molecule has 0 atom stereocenters. The maximum atomic E-state index is 11.2. The van der Waals surface area contributed by atoms with E-state index in [-0.39, 0.29) is 5.56 Å². The van der Waals surface area contributed by atoms with Gasteiger partial charge < -0.3 is 9.84 Å². The highest BCUT2D eigenvalue weighted by molar-refractivity contribution is 8.11. The first kappa shape index (κ1) is 16.9. The van der Waals surface area contributed by atoms with E-state index in [9.17, 15) is 9.90 Å². The molecule has 0 saturated heterocycles. The second-order valence-electron chi connectivity index (χ2n) is 4.28. The van der Waals surface area contributed by atoms with E-state index >= 15 is 0 Å². The summed E-state index contributed by atoms with van der Waals surface area (Å²) >= 11 is 1.50. The maximum Gasteiger partial charge on any atom is 0.335 e. The van der Waals surface area contributed by atoms with Gasteiger partial charge in [-0.15, -0.1) is 12.3 Å². The highest BCUT2D eigenvalue weighted by atomic mass is 32.2. The van der Waals surface area contributed by atoms with Gasteiger partial charge in [-0.25, -0.2) is 4.79 Å². The van der Waals surface area contributed by atoms with Crippen molar-refractivity contribution >= 4 is 22.6 Å². The normalized spacial score (nSPS) is 10.8. The summed E-state index contributed by atoms with van der Waals surface area (Å²) < 4.78 is 5.49. The van der Waals surface area contributed by atoms with E-state index in [0.717, 1.165) is 15.4 Å². The number of terminal acetylenes is 1. The van der Waals surface area contributed by atoms with Crippen LogP contribution in [0.4, 0.5) is 0 Å². The molecule has 0 unspecified atom stereocenters. The number of ether oxygens (including phenoxy) is 1. The molecule has 21 heavy (non-hydrogen) atoms. The van der Waals surface area contributed by atoms with E-state index in [4.69, 9.17) is 11.2 Å². The van der Waals surface area contributed by atoms with E-state index in [2.05, 4.69) is 12.5 Å². The maximum absolute atomic E-state index is 11.2. The first-order chi connectivity index (χ1) is 9.97. The van der Waals surface area contributed by atoms with Crippen LogP contribution in [0, 0.1) is 12.3 Å². The predicted octanol–water partition coefficient (Wildman–Crippen LogP) is 4.41. The molecule has 3 nitrogen and oxygen atoms in total. The van der Waals surface area contributed by atoms with Crippen molar-refractivity contribution in [2.45, 2.75) is 20.3 Å². The number of hydrogen-bond donors (Lipinski definition) is 1. The third-order valence-electron chi connectivity index (χ3n) is 2.68. The molecular weight excluding hydrogens is 284 g/mol. The quantitative estimate of drug-likeness (QED) is 0.598. The van der Waals surface area contributed by atoms with Crippen LogP contribution in [0.3, 0.4) is 0 Å². The SMILES string of the molecule is C#CCCOc1cc(C(=C)S/C(C)=C\C)cc(C(=O)O)c1. The average molecular weight is 302 g/mol. The van der Waals surface area contributed by atoms with Crippen LogP contribution in [-0.2, 0) is 0 Å². The van der Waals surface area contributed by atoms with Gasteiger partial charge >= 0.3 is 5.97 Å². The average Bonchev–Trinajstić information content (AvgIpc) is 2.46. The molecule has 0 spiro atoms. The van der Waals surface area contributed by atoms with Crippen molar-refractivity contribution in [1.29, 1.82) is 0 Å². The van der Waals surface area contributed by atoms with Gasteiger partial charge in [-0.05, 0) is 42.5 Å². The van der Waals surface area contributed by atoms with Crippen LogP contribution in [0.5, 0.6) is 5.75 Å². The van der Waals surface area contributed by atoms with Crippen LogP contribution < -0.4 is 4.74 Å². The zero-order valence-electron chi connectivity index (χ0n) is 12.2. The van der Waals surface area contributed by atoms with Gasteiger partial charge in [0.05, 0.1) is 12.2 Å². The Morgan fingerprint density at radius 2 is 2.14 bits per heavy atom. The van der Waals surface area contributed by atoms with Gasteiger partial charge in [0, 0.05) is 11.3 Å². The molecule has 0 aliphatic carbocycles. The van der Waals surface area contributed by atoms with E-state index in [1.807, 2.05) is 19.9 Å². The first-order valence-corrected chi connectivity index (χ1v) is 7.24. The first-order valence-electron chi connectivity index (χ1n) is 6.42. The monoisotopic (exact) mass is 302 g/mol. The molecule has 4 heteroatoms. The zero-order chi connectivity index (χ0) is 15.8. The summed E-state index contributed by atoms with van der Waals surface area (Å²) in [4.78, 5) is 13.1. The molecule has 0 bridgehead atoms. The summed E-state index contributed by atoms with van der Waals surface area (Å²) in [5.74, 6) is 1.96. The van der Waals surface area contributed by atoms with Gasteiger partial charge in [0.15, 0.2) is 0 Å². The Hall–Kier alpha value is -2.12. The Labute approximate surface area is 129 Å². The van der Waals surface area contributed by atoms with E-state index in [1.165, 1.54) is 17.8 Å². The highest BCUT2D eigenvalue weighted by Crippen LogP contribution is 2.34. The Balaban J connectivity index is 3.04. The lowest BCUT2D eigenvalue weighted by Gasteiger charge is -2.11. The van der Waals surface area contributed by atoms with Gasteiger partial charge in [0.1, 0.15) is 5.75 Å². The second-order valence-corrected chi connectivity index (χ2v) is 5.62. The third-order valence-corrected chi connectivity index (χ3v) is 3.72. The standard InChI is InChI=1S/C17H18O3S/c1-5-7-8-20-16-10-14(9-15(11-16)17(18)19)13(4)21-12(3)6-2/h1,6,9-11H,4,7-8H2,2-3H3,(H,18,19)/b12-6-. The van der Waals surface area contributed by atoms with Crippen molar-refractivity contribution in [3.05, 3.63) is 46.9 Å². The molecule has 1 aromatic carbocycles. The smallest absolute Gasteiger partial charge is 0.335 e. The molecule has 0 amide bonds. The highest BCUT2D eigenvalue weighted by Gasteiger charge is 2.10. The summed E-state index contributed by atoms with van der Waals surface area (Å²) in [5, 5.41) is 9.18. The Bertz CT molecular complexity index is 609. The van der Waals surface area contributed by atoms with Crippen molar-refractivity contribution in [3.8, 4) is 18.1 Å². The summed E-state index contributed by atoms with van der Waals surface area (Å²) in [6.07, 6.45) is 7.62. The van der Waals surface area contributed by atoms with Gasteiger partial charge in [0.2, 0.25) is 0 Å². The fraction of sp³-hybridized carbons (Fsp3) is 0.235. The number of allylic oxidation sites excluding steroid dienone is 2. The van der Waals surface area contributed by atoms with Crippen LogP contribution in [0.25, 0.3) is 4.91 Å². The number of hydrogen-bond acceptors (Lipinski definition) is 3. The Morgan fingerprint density at radius 3 is 2.71 bits per heavy atom. The second kappa shape index (κ2) is 8.23. The topological polar surface area (TPSA) is 46.5 Å². The number of carboxylic acid groups (broad SMARTS) is 1. The minimum Gasteiger partial charge on any atom is -0.493 e. The summed E-state index contributed by atoms with van der Waals surface area (Å²) in [7, 11) is 0. The fourth-order valence-electron chi connectivity index (χ4n) is 1.51. The van der Waals surface area contributed by atoms with Crippen LogP contribution in [0.15, 0.2) is 35.8 Å². The van der Waals surface area contributed by atoms with Crippen LogP contribution >= 0.6 is 11.8 Å². The van der Waals surface area contributed by atoms with E-state index in [0.29, 0.717) is 18.8 Å². The molecule has 0 saturated carbocycles. The molecule has 1 rings (SSSR count). The number of rotatable bonds is 7. The van der Waals surface area contributed by atoms with Crippen molar-refractivity contribution in [1.82, 2.24) is 0 Å². The molecule has 0 heterocycles. The van der Waals surface area contributed by atoms with Gasteiger partial charge in [0.25, 0.3) is 0 Å². The number of thioether (sulfide) groups is 1. The molecule has 0 aromatic heterocycles. The number of carboxylic acids is 1.